The average molecular weight is 1000 g/mol. The predicted octanol–water partition coefficient (Wildman–Crippen LogP) is 0.0415. The predicted molar refractivity (Wildman–Crippen MR) is 229 cm³/mol. The number of rotatable bonds is 23. The molecule has 2 aromatic carbocycles. The number of nitrogen functional groups attached to an aromatic ring is 1. The van der Waals surface area contributed by atoms with E-state index in [-0.39, 0.29) is 47.8 Å². The van der Waals surface area contributed by atoms with Crippen molar-refractivity contribution < 1.29 is 90.4 Å². The number of carboxylic acids is 1. The molecule has 0 radical (unpaired) electrons. The van der Waals surface area contributed by atoms with Crippen molar-refractivity contribution in [3.05, 3.63) is 66.3 Å². The number of carbonyl (C=O) groups is 4. The molecule has 66 heavy (non-hydrogen) atoms. The van der Waals surface area contributed by atoms with E-state index >= 15 is 0 Å². The maximum Gasteiger partial charge on any atom is 0.481 e. The van der Waals surface area contributed by atoms with Gasteiger partial charge in [0, 0.05) is 48.6 Å². The summed E-state index contributed by atoms with van der Waals surface area (Å²) in [6.45, 7) is 0.0646. The van der Waals surface area contributed by atoms with Crippen LogP contribution in [-0.2, 0) is 55.5 Å². The minimum Gasteiger partial charge on any atom is -0.550 e. The second-order valence-electron chi connectivity index (χ2n) is 15.0. The highest BCUT2D eigenvalue weighted by Gasteiger charge is 2.50. The molecule has 26 nitrogen and oxygen atoms in total. The Morgan fingerprint density at radius 3 is 2.39 bits per heavy atom. The van der Waals surface area contributed by atoms with Crippen LogP contribution in [0.4, 0.5) is 5.82 Å². The van der Waals surface area contributed by atoms with Crippen LogP contribution in [0.3, 0.4) is 0 Å². The van der Waals surface area contributed by atoms with Gasteiger partial charge in [0.25, 0.3) is 0 Å². The van der Waals surface area contributed by atoms with Crippen molar-refractivity contribution >= 4 is 92.0 Å². The van der Waals surface area contributed by atoms with Gasteiger partial charge in [-0.15, -0.1) is 0 Å². The molecule has 3 heterocycles. The standard InChI is InChI=1S/C36H46N7O19P3S/c1-36(2,30(48)33(49)39-10-9-25(44)38-11-12-66-35(50)23(15-26(45)46)14-20-7-8-21-5-3-4-6-22(21)13-20)17-59-65(56,57)62-64(54,55)58-16-24-29(61-63(51,52)53)28(47)34(60-24)43-19-42-27-31(37)40-18-41-32(27)43/h3-8,13-14,18-19,24,28-30,34,47-48H,9-12,15-17H2,1-2H3,(H,38,44)(H,39,49)(H,45,46)(H,54,55)(H,56,57)(H2,37,40,41)(H2,51,52,53)/p-1/b23-14+/t24-,28-,29-,30+,34-/m1/s1. The topological polar surface area (TPSA) is 404 Å². The average Bonchev–Trinajstić information content (AvgIpc) is 3.79. The molecule has 5 rings (SSSR count). The smallest absolute Gasteiger partial charge is 0.481 e. The number of ether oxygens (including phenoxy) is 1. The number of phosphoric ester groups is 3. The molecule has 2 amide bonds. The summed E-state index contributed by atoms with van der Waals surface area (Å²) in [4.78, 5) is 100. The second kappa shape index (κ2) is 22.1. The highest BCUT2D eigenvalue weighted by molar-refractivity contribution is 8.14. The van der Waals surface area contributed by atoms with Crippen molar-refractivity contribution in [3.8, 4) is 0 Å². The lowest BCUT2D eigenvalue weighted by Crippen LogP contribution is -2.46. The van der Waals surface area contributed by atoms with Crippen LogP contribution in [-0.4, -0.2) is 129 Å². The maximum atomic E-state index is 12.8. The molecule has 7 atom stereocenters. The van der Waals surface area contributed by atoms with Gasteiger partial charge >= 0.3 is 23.5 Å². The van der Waals surface area contributed by atoms with Gasteiger partial charge in [-0.1, -0.05) is 62.0 Å². The number of carboxylic acid groups (broad SMARTS) is 1. The molecule has 4 aromatic rings. The quantitative estimate of drug-likeness (QED) is 0.0269. The SMILES string of the molecule is CC(C)(COP(=O)(O)OP(=O)(O)OC[C@H]1O[C@@H](n2cnc3c(N)ncnc32)[C@H](O)[C@@H]1OP(=O)(O)O)[C@@H](O)C(=O)NCCC(=O)NCCSC(=O)/C(=C/c1ccc2ccccc2c1)CC(=O)[O-]. The fraction of sp³-hybridized carbons (Fsp3) is 0.417. The molecule has 1 saturated heterocycles. The number of phosphoric acid groups is 3. The molecule has 0 spiro atoms. The Morgan fingerprint density at radius 1 is 1.00 bits per heavy atom. The normalized spacial score (nSPS) is 20.4. The molecule has 30 heteroatoms. The molecule has 10 N–H and O–H groups in total. The summed E-state index contributed by atoms with van der Waals surface area (Å²) in [7, 11) is -16.5. The second-order valence-corrected chi connectivity index (χ2v) is 20.3. The van der Waals surface area contributed by atoms with Gasteiger partial charge in [-0.3, -0.25) is 32.5 Å². The number of nitrogens with two attached hydrogens (primary N) is 1. The summed E-state index contributed by atoms with van der Waals surface area (Å²) in [6.07, 6.45) is -6.36. The summed E-state index contributed by atoms with van der Waals surface area (Å²) in [5.41, 5.74) is 4.79. The van der Waals surface area contributed by atoms with E-state index in [1.54, 1.807) is 6.07 Å². The van der Waals surface area contributed by atoms with Crippen LogP contribution in [0.5, 0.6) is 0 Å². The zero-order valence-corrected chi connectivity index (χ0v) is 38.2. The van der Waals surface area contributed by atoms with Crippen molar-refractivity contribution in [1.82, 2.24) is 30.2 Å². The molecule has 360 valence electrons. The summed E-state index contributed by atoms with van der Waals surface area (Å²) in [5.74, 6) is -3.01. The van der Waals surface area contributed by atoms with Crippen molar-refractivity contribution in [2.24, 2.45) is 5.41 Å². The summed E-state index contributed by atoms with van der Waals surface area (Å²) in [5, 5.41) is 39.1. The molecule has 1 aliphatic heterocycles. The van der Waals surface area contributed by atoms with Gasteiger partial charge < -0.3 is 60.8 Å². The third-order valence-electron chi connectivity index (χ3n) is 9.45. The molecule has 1 aliphatic rings. The van der Waals surface area contributed by atoms with Gasteiger partial charge in [0.05, 0.1) is 19.5 Å². The third-order valence-corrected chi connectivity index (χ3v) is 13.5. The van der Waals surface area contributed by atoms with Crippen LogP contribution in [0.1, 0.15) is 38.5 Å². The Kier molecular flexibility index (Phi) is 17.5. The minimum absolute atomic E-state index is 0.000300. The Morgan fingerprint density at radius 2 is 1.70 bits per heavy atom. The largest absolute Gasteiger partial charge is 0.550 e. The van der Waals surface area contributed by atoms with Crippen molar-refractivity contribution in [1.29, 1.82) is 0 Å². The Balaban J connectivity index is 1.04. The van der Waals surface area contributed by atoms with E-state index in [0.29, 0.717) is 5.56 Å². The summed E-state index contributed by atoms with van der Waals surface area (Å²) in [6, 6.07) is 12.9. The zero-order valence-electron chi connectivity index (χ0n) is 34.7. The lowest BCUT2D eigenvalue weighted by molar-refractivity contribution is -0.304. The van der Waals surface area contributed by atoms with E-state index in [1.807, 2.05) is 36.4 Å². The molecular formula is C36H45N7O19P3S-. The Hall–Kier alpha value is -4.53. The third kappa shape index (κ3) is 14.7. The molecule has 2 aromatic heterocycles. The van der Waals surface area contributed by atoms with Crippen LogP contribution in [0, 0.1) is 5.41 Å². The van der Waals surface area contributed by atoms with E-state index in [9.17, 15) is 67.8 Å². The number of anilines is 1. The van der Waals surface area contributed by atoms with Gasteiger partial charge in [-0.2, -0.15) is 4.31 Å². The van der Waals surface area contributed by atoms with Gasteiger partial charge in [0.2, 0.25) is 16.9 Å². The van der Waals surface area contributed by atoms with Crippen molar-refractivity contribution in [3.63, 3.8) is 0 Å². The molecule has 2 unspecified atom stereocenters. The Bertz CT molecular complexity index is 2610. The number of aliphatic carboxylic acids is 1. The van der Waals surface area contributed by atoms with E-state index in [1.165, 1.54) is 19.9 Å². The van der Waals surface area contributed by atoms with Crippen LogP contribution in [0.2, 0.25) is 0 Å². The number of aliphatic hydroxyl groups is 2. The number of imidazole rings is 1. The van der Waals surface area contributed by atoms with Crippen LogP contribution >= 0.6 is 35.2 Å². The lowest BCUT2D eigenvalue weighted by Gasteiger charge is -2.30. The molecule has 1 fully saturated rings. The number of nitrogens with zero attached hydrogens (tertiary/aromatic N) is 4. The van der Waals surface area contributed by atoms with Crippen LogP contribution in [0.25, 0.3) is 28.0 Å². The summed E-state index contributed by atoms with van der Waals surface area (Å²) >= 11 is 0.784. The number of fused-ring (bicyclic) bond motifs is 2. The monoisotopic (exact) mass is 1000 g/mol. The van der Waals surface area contributed by atoms with E-state index < -0.39 is 102 Å². The van der Waals surface area contributed by atoms with Crippen LogP contribution in [0.15, 0.2) is 60.7 Å². The Labute approximate surface area is 378 Å². The van der Waals surface area contributed by atoms with Crippen molar-refractivity contribution in [2.45, 2.75) is 57.3 Å². The molecule has 0 saturated carbocycles. The highest BCUT2D eigenvalue weighted by atomic mass is 32.2. The number of carbonyl (C=O) groups excluding carboxylic acids is 4. The first-order chi connectivity index (χ1) is 30.8. The summed E-state index contributed by atoms with van der Waals surface area (Å²) < 4.78 is 62.3. The highest BCUT2D eigenvalue weighted by Crippen LogP contribution is 2.61. The van der Waals surface area contributed by atoms with E-state index in [0.717, 1.165) is 39.8 Å². The molecular weight excluding hydrogens is 959 g/mol. The minimum atomic E-state index is -5.61. The number of hydrogen-bond donors (Lipinski definition) is 9. The van der Waals surface area contributed by atoms with Gasteiger partial charge in [-0.05, 0) is 28.5 Å². The number of amides is 2. The zero-order chi connectivity index (χ0) is 48.6. The van der Waals surface area contributed by atoms with Gasteiger partial charge in [0.15, 0.2) is 17.7 Å². The number of nitrogens with one attached hydrogen (secondary N) is 2. The van der Waals surface area contributed by atoms with Crippen LogP contribution < -0.4 is 21.5 Å². The van der Waals surface area contributed by atoms with Gasteiger partial charge in [0.1, 0.15) is 36.3 Å². The number of thioether (sulfide) groups is 1. The number of aliphatic hydroxyl groups excluding tert-OH is 2. The van der Waals surface area contributed by atoms with Gasteiger partial charge in [-0.25, -0.2) is 28.6 Å². The van der Waals surface area contributed by atoms with E-state index in [2.05, 4.69) is 34.4 Å². The van der Waals surface area contributed by atoms with Crippen molar-refractivity contribution in [2.75, 3.05) is 37.8 Å². The fourth-order valence-corrected chi connectivity index (χ4v) is 9.74. The first-order valence-corrected chi connectivity index (χ1v) is 24.8. The number of aromatic nitrogens is 4. The molecule has 0 bridgehead atoms. The first-order valence-electron chi connectivity index (χ1n) is 19.3. The number of benzene rings is 2. The number of hydrogen-bond acceptors (Lipinski definition) is 20. The fourth-order valence-electron chi connectivity index (χ4n) is 6.20. The molecule has 0 aliphatic carbocycles. The lowest BCUT2D eigenvalue weighted by atomic mass is 9.87. The first kappa shape index (κ1) is 52.4. The van der Waals surface area contributed by atoms with E-state index in [4.69, 9.17) is 19.5 Å². The maximum absolute atomic E-state index is 12.8.